The highest BCUT2D eigenvalue weighted by Crippen LogP contribution is 2.36. The van der Waals surface area contributed by atoms with Gasteiger partial charge in [-0.25, -0.2) is 9.37 Å². The van der Waals surface area contributed by atoms with Crippen LogP contribution in [-0.4, -0.2) is 26.2 Å². The lowest BCUT2D eigenvalue weighted by molar-refractivity contribution is 0.563. The quantitative estimate of drug-likeness (QED) is 0.512. The molecule has 5 nitrogen and oxygen atoms in total. The van der Waals surface area contributed by atoms with Crippen molar-refractivity contribution >= 4 is 28.2 Å². The average molecular weight is 367 g/mol. The molecule has 4 heterocycles. The summed E-state index contributed by atoms with van der Waals surface area (Å²) in [6.07, 6.45) is 8.18. The van der Waals surface area contributed by atoms with Gasteiger partial charge in [0.1, 0.15) is 11.5 Å². The average Bonchev–Trinajstić information content (AvgIpc) is 3.12. The van der Waals surface area contributed by atoms with E-state index in [1.54, 1.807) is 42.9 Å². The fourth-order valence-electron chi connectivity index (χ4n) is 3.39. The summed E-state index contributed by atoms with van der Waals surface area (Å²) < 4.78 is 14.8. The van der Waals surface area contributed by atoms with Crippen LogP contribution in [0.4, 0.5) is 4.39 Å². The fraction of sp³-hybridized carbons (Fsp3) is 0. The summed E-state index contributed by atoms with van der Waals surface area (Å²) in [6.45, 7) is 0. The van der Waals surface area contributed by atoms with Gasteiger partial charge in [-0.05, 0) is 23.8 Å². The van der Waals surface area contributed by atoms with Crippen molar-refractivity contribution in [2.24, 2.45) is 0 Å². The molecule has 4 aromatic heterocycles. The summed E-state index contributed by atoms with van der Waals surface area (Å²) in [5.74, 6) is -0.434. The molecule has 1 N–H and O–H groups in total. The number of pyridine rings is 3. The number of aromatic amines is 1. The van der Waals surface area contributed by atoms with Crippen LogP contribution in [0.15, 0.2) is 67.3 Å². The van der Waals surface area contributed by atoms with Crippen molar-refractivity contribution in [1.82, 2.24) is 19.9 Å². The first-order chi connectivity index (χ1) is 13.7. The molecule has 0 fully saturated rings. The van der Waals surface area contributed by atoms with Crippen LogP contribution >= 0.6 is 0 Å². The van der Waals surface area contributed by atoms with E-state index in [9.17, 15) is 9.18 Å². The van der Waals surface area contributed by atoms with E-state index in [4.69, 9.17) is 0 Å². The maximum absolute atomic E-state index is 14.8. The van der Waals surface area contributed by atoms with Crippen molar-refractivity contribution in [2.45, 2.75) is 0 Å². The Hall–Kier alpha value is -3.93. The molecule has 0 aliphatic heterocycles. The number of hydrogen-bond acceptors (Lipinski definition) is 4. The predicted octanol–water partition coefficient (Wildman–Crippen LogP) is 4.44. The Labute approximate surface area is 158 Å². The first-order valence-electron chi connectivity index (χ1n) is 8.59. The minimum atomic E-state index is -0.434. The molecule has 133 valence electrons. The third-order valence-corrected chi connectivity index (χ3v) is 4.71. The molecule has 1 aromatic carbocycles. The van der Waals surface area contributed by atoms with Gasteiger partial charge < -0.3 is 4.98 Å². The summed E-state index contributed by atoms with van der Waals surface area (Å²) >= 11 is 0. The predicted molar refractivity (Wildman–Crippen MR) is 105 cm³/mol. The largest absolute Gasteiger partial charge is 0.338 e. The van der Waals surface area contributed by atoms with E-state index < -0.39 is 5.82 Å². The maximum Gasteiger partial charge on any atom is 0.233 e. The zero-order valence-electron chi connectivity index (χ0n) is 14.5. The lowest BCUT2D eigenvalue weighted by Gasteiger charge is -2.07. The van der Waals surface area contributed by atoms with Crippen molar-refractivity contribution in [3.8, 4) is 22.4 Å². The van der Waals surface area contributed by atoms with Gasteiger partial charge in [0.15, 0.2) is 0 Å². The van der Waals surface area contributed by atoms with Gasteiger partial charge in [0.05, 0.1) is 23.6 Å². The Bertz CT molecular complexity index is 1330. The molecule has 0 bridgehead atoms. The van der Waals surface area contributed by atoms with Crippen molar-refractivity contribution < 1.29 is 9.18 Å². The number of halogens is 1. The Morgan fingerprint density at radius 1 is 0.964 bits per heavy atom. The fourth-order valence-corrected chi connectivity index (χ4v) is 3.39. The second-order valence-electron chi connectivity index (χ2n) is 6.37. The first-order valence-corrected chi connectivity index (χ1v) is 8.59. The first kappa shape index (κ1) is 16.3. The van der Waals surface area contributed by atoms with Gasteiger partial charge in [0, 0.05) is 39.9 Å². The topological polar surface area (TPSA) is 71.5 Å². The molecule has 0 atom stereocenters. The number of H-pyrrole nitrogens is 1. The molecule has 0 amide bonds. The number of fused-ring (bicyclic) bond motifs is 3. The Kier molecular flexibility index (Phi) is 3.69. The van der Waals surface area contributed by atoms with Gasteiger partial charge in [0.25, 0.3) is 0 Å². The third kappa shape index (κ3) is 2.54. The van der Waals surface area contributed by atoms with Gasteiger partial charge in [-0.3, -0.25) is 14.8 Å². The molecule has 0 unspecified atom stereocenters. The van der Waals surface area contributed by atoms with Crippen molar-refractivity contribution in [3.05, 3.63) is 78.6 Å². The van der Waals surface area contributed by atoms with Crippen LogP contribution in [0.2, 0.25) is 0 Å². The zero-order chi connectivity index (χ0) is 19.1. The number of hydrogen-bond donors (Lipinski definition) is 1. The highest BCUT2D eigenvalue weighted by molar-refractivity contribution is 6.13. The van der Waals surface area contributed by atoms with Crippen LogP contribution in [0.25, 0.3) is 44.3 Å². The van der Waals surface area contributed by atoms with Crippen LogP contribution in [-0.2, 0) is 4.79 Å². The van der Waals surface area contributed by atoms with Gasteiger partial charge in [-0.15, -0.1) is 0 Å². The standard InChI is InChI=1S/C22H12FN4O/c23-17-10-26-22-21(20(17)14-5-3-13(12-28)4-6-14)16-8-18(25-11-19(16)27-22)15-2-1-7-24-9-15/h1-11H,(H,26,27). The molecule has 0 saturated carbocycles. The molecule has 0 aliphatic carbocycles. The molecule has 0 saturated heterocycles. The van der Waals surface area contributed by atoms with E-state index >= 15 is 0 Å². The van der Waals surface area contributed by atoms with E-state index in [0.717, 1.165) is 22.2 Å². The Morgan fingerprint density at radius 3 is 2.57 bits per heavy atom. The molecule has 5 rings (SSSR count). The minimum Gasteiger partial charge on any atom is -0.338 e. The minimum absolute atomic E-state index is 0.413. The van der Waals surface area contributed by atoms with Crippen LogP contribution in [0.3, 0.4) is 0 Å². The van der Waals surface area contributed by atoms with Crippen LogP contribution in [0.1, 0.15) is 5.56 Å². The SMILES string of the molecule is O=[C]c1ccc(-c2c(F)cnc3[nH]c4cnc(-c5cccnc5)cc4c23)cc1. The van der Waals surface area contributed by atoms with Gasteiger partial charge >= 0.3 is 0 Å². The zero-order valence-corrected chi connectivity index (χ0v) is 14.5. The van der Waals surface area contributed by atoms with E-state index in [-0.39, 0.29) is 0 Å². The second-order valence-corrected chi connectivity index (χ2v) is 6.37. The molecule has 6 heteroatoms. The van der Waals surface area contributed by atoms with E-state index in [1.165, 1.54) is 6.20 Å². The number of carbonyl (C=O) groups excluding carboxylic acids is 1. The van der Waals surface area contributed by atoms with Crippen molar-refractivity contribution in [3.63, 3.8) is 0 Å². The summed E-state index contributed by atoms with van der Waals surface area (Å²) in [4.78, 5) is 26.8. The summed E-state index contributed by atoms with van der Waals surface area (Å²) in [6, 6.07) is 12.3. The number of rotatable bonds is 3. The van der Waals surface area contributed by atoms with Crippen LogP contribution < -0.4 is 0 Å². The summed E-state index contributed by atoms with van der Waals surface area (Å²) in [5, 5.41) is 1.49. The Morgan fingerprint density at radius 2 is 1.82 bits per heavy atom. The molecular weight excluding hydrogens is 355 g/mol. The lowest BCUT2D eigenvalue weighted by atomic mass is 9.99. The Balaban J connectivity index is 1.81. The molecule has 0 aliphatic rings. The van der Waals surface area contributed by atoms with Gasteiger partial charge in [-0.2, -0.15) is 0 Å². The van der Waals surface area contributed by atoms with Gasteiger partial charge in [-0.1, -0.05) is 24.3 Å². The highest BCUT2D eigenvalue weighted by Gasteiger charge is 2.17. The highest BCUT2D eigenvalue weighted by atomic mass is 19.1. The van der Waals surface area contributed by atoms with Crippen molar-refractivity contribution in [2.75, 3.05) is 0 Å². The second kappa shape index (κ2) is 6.35. The molecule has 28 heavy (non-hydrogen) atoms. The molecule has 1 radical (unpaired) electrons. The van der Waals surface area contributed by atoms with Crippen LogP contribution in [0.5, 0.6) is 0 Å². The van der Waals surface area contributed by atoms with E-state index in [0.29, 0.717) is 27.7 Å². The number of nitrogens with zero attached hydrogens (tertiary/aromatic N) is 3. The lowest BCUT2D eigenvalue weighted by Crippen LogP contribution is -1.90. The maximum atomic E-state index is 14.8. The molecule has 0 spiro atoms. The smallest absolute Gasteiger partial charge is 0.233 e. The number of aromatic nitrogens is 4. The van der Waals surface area contributed by atoms with Crippen molar-refractivity contribution in [1.29, 1.82) is 0 Å². The molecular formula is C22H12FN4O. The number of benzene rings is 1. The third-order valence-electron chi connectivity index (χ3n) is 4.71. The molecule has 5 aromatic rings. The van der Waals surface area contributed by atoms with E-state index in [1.807, 2.05) is 24.5 Å². The van der Waals surface area contributed by atoms with E-state index in [2.05, 4.69) is 19.9 Å². The number of nitrogens with one attached hydrogen (secondary N) is 1. The normalized spacial score (nSPS) is 11.2. The summed E-state index contributed by atoms with van der Waals surface area (Å²) in [7, 11) is 0. The van der Waals surface area contributed by atoms with Crippen LogP contribution in [0, 0.1) is 5.82 Å². The monoisotopic (exact) mass is 367 g/mol. The summed E-state index contributed by atoms with van der Waals surface area (Å²) in [5.41, 5.74) is 4.44. The van der Waals surface area contributed by atoms with Gasteiger partial charge in [0.2, 0.25) is 6.29 Å².